The molecule has 3 nitrogen and oxygen atoms in total. The molecular weight excluding hydrogens is 204 g/mol. The fraction of sp³-hybridized carbons (Fsp3) is 0.846. The van der Waals surface area contributed by atoms with Gasteiger partial charge in [-0.2, -0.15) is 0 Å². The first kappa shape index (κ1) is 11.6. The number of Topliss-reactive ketones (excluding diaryl/α,β-unsaturated/α-hetero) is 1. The number of hydrogen-bond donors (Lipinski definition) is 0. The smallest absolute Gasteiger partial charge is 0.306 e. The Labute approximate surface area is 96.5 Å². The zero-order valence-corrected chi connectivity index (χ0v) is 10.6. The lowest BCUT2D eigenvalue weighted by Crippen LogP contribution is -2.37. The monoisotopic (exact) mass is 224 g/mol. The van der Waals surface area contributed by atoms with Crippen molar-refractivity contribution in [3.8, 4) is 0 Å². The first-order chi connectivity index (χ1) is 7.29. The van der Waals surface area contributed by atoms with Gasteiger partial charge >= 0.3 is 5.97 Å². The van der Waals surface area contributed by atoms with Crippen LogP contribution in [0.3, 0.4) is 0 Å². The molecule has 2 atom stereocenters. The van der Waals surface area contributed by atoms with Gasteiger partial charge in [-0.25, -0.2) is 0 Å². The molecule has 2 fully saturated rings. The van der Waals surface area contributed by atoms with Gasteiger partial charge in [0.1, 0.15) is 5.78 Å². The number of esters is 1. The Hall–Kier alpha value is -0.860. The van der Waals surface area contributed by atoms with Gasteiger partial charge in [0, 0.05) is 11.8 Å². The quantitative estimate of drug-likeness (QED) is 0.676. The molecule has 0 radical (unpaired) electrons. The van der Waals surface area contributed by atoms with E-state index in [1.54, 1.807) is 0 Å². The summed E-state index contributed by atoms with van der Waals surface area (Å²) in [4.78, 5) is 23.6. The molecule has 3 heteroatoms. The molecule has 2 unspecified atom stereocenters. The topological polar surface area (TPSA) is 43.4 Å². The minimum Gasteiger partial charge on any atom is -0.469 e. The lowest BCUT2D eigenvalue weighted by Gasteiger charge is -2.39. The molecule has 0 N–H and O–H groups in total. The van der Waals surface area contributed by atoms with E-state index in [1.807, 2.05) is 0 Å². The summed E-state index contributed by atoms with van der Waals surface area (Å²) in [5.74, 6) is 0.139. The minimum absolute atomic E-state index is 0.0920. The van der Waals surface area contributed by atoms with Crippen LogP contribution in [0, 0.1) is 16.2 Å². The van der Waals surface area contributed by atoms with Gasteiger partial charge in [-0.05, 0) is 23.7 Å². The summed E-state index contributed by atoms with van der Waals surface area (Å²) in [6.07, 6.45) is 2.82. The lowest BCUT2D eigenvalue weighted by atomic mass is 9.64. The summed E-state index contributed by atoms with van der Waals surface area (Å²) in [7, 11) is 1.41. The third-order valence-corrected chi connectivity index (χ3v) is 5.63. The van der Waals surface area contributed by atoms with Crippen molar-refractivity contribution < 1.29 is 14.3 Å². The largest absolute Gasteiger partial charge is 0.469 e. The zero-order valence-electron chi connectivity index (χ0n) is 10.6. The Morgan fingerprint density at radius 1 is 1.31 bits per heavy atom. The maximum atomic E-state index is 12.1. The van der Waals surface area contributed by atoms with Crippen LogP contribution in [0.1, 0.15) is 46.5 Å². The van der Waals surface area contributed by atoms with Crippen molar-refractivity contribution in [2.75, 3.05) is 7.11 Å². The van der Waals surface area contributed by atoms with E-state index in [2.05, 4.69) is 20.8 Å². The molecule has 2 bridgehead atoms. The van der Waals surface area contributed by atoms with Crippen LogP contribution in [0.4, 0.5) is 0 Å². The highest BCUT2D eigenvalue weighted by molar-refractivity contribution is 5.91. The van der Waals surface area contributed by atoms with E-state index in [4.69, 9.17) is 4.74 Å². The van der Waals surface area contributed by atoms with E-state index in [-0.39, 0.29) is 22.2 Å². The molecule has 0 heterocycles. The van der Waals surface area contributed by atoms with Crippen LogP contribution in [0.5, 0.6) is 0 Å². The van der Waals surface area contributed by atoms with Crippen molar-refractivity contribution in [3.63, 3.8) is 0 Å². The van der Waals surface area contributed by atoms with Crippen LogP contribution in [0.15, 0.2) is 0 Å². The lowest BCUT2D eigenvalue weighted by molar-refractivity contribution is -0.145. The number of carbonyl (C=O) groups excluding carboxylic acids is 2. The molecule has 2 rings (SSSR count). The first-order valence-electron chi connectivity index (χ1n) is 5.89. The van der Waals surface area contributed by atoms with Crippen LogP contribution < -0.4 is 0 Å². The number of carbonyl (C=O) groups is 2. The summed E-state index contributed by atoms with van der Waals surface area (Å²) in [6.45, 7) is 6.32. The van der Waals surface area contributed by atoms with Crippen molar-refractivity contribution in [3.05, 3.63) is 0 Å². The Bertz CT molecular complexity index is 358. The molecule has 2 saturated carbocycles. The SMILES string of the molecule is COC(=O)CC12CCC(C)(C(=O)C1)C2(C)C. The maximum Gasteiger partial charge on any atom is 0.306 e. The van der Waals surface area contributed by atoms with E-state index < -0.39 is 0 Å². The maximum absolute atomic E-state index is 12.1. The fourth-order valence-corrected chi connectivity index (χ4v) is 3.72. The Morgan fingerprint density at radius 3 is 2.31 bits per heavy atom. The number of methoxy groups -OCH3 is 1. The predicted octanol–water partition coefficient (Wildman–Crippen LogP) is 2.33. The van der Waals surface area contributed by atoms with Crippen molar-refractivity contribution >= 4 is 11.8 Å². The first-order valence-corrected chi connectivity index (χ1v) is 5.89. The van der Waals surface area contributed by atoms with Gasteiger partial charge in [0.2, 0.25) is 0 Å². The van der Waals surface area contributed by atoms with Crippen LogP contribution in [-0.4, -0.2) is 18.9 Å². The standard InChI is InChI=1S/C13H20O3/c1-11(2)12(3)5-6-13(11,7-9(12)14)8-10(15)16-4/h5-8H2,1-4H3. The predicted molar refractivity (Wildman–Crippen MR) is 59.8 cm³/mol. The zero-order chi connectivity index (χ0) is 12.2. The highest BCUT2D eigenvalue weighted by Gasteiger charge is 2.69. The van der Waals surface area contributed by atoms with Crippen LogP contribution in [-0.2, 0) is 14.3 Å². The normalized spacial score (nSPS) is 40.1. The minimum atomic E-state index is -0.235. The fourth-order valence-electron chi connectivity index (χ4n) is 3.72. The molecule has 2 aliphatic carbocycles. The molecule has 2 aliphatic rings. The molecule has 90 valence electrons. The number of ketones is 1. The molecule has 0 spiro atoms. The molecule has 0 aromatic heterocycles. The number of hydrogen-bond acceptors (Lipinski definition) is 3. The Balaban J connectivity index is 2.37. The summed E-state index contributed by atoms with van der Waals surface area (Å²) in [5, 5.41) is 0. The third-order valence-electron chi connectivity index (χ3n) is 5.63. The molecule has 0 aromatic carbocycles. The average molecular weight is 224 g/mol. The molecule has 0 saturated heterocycles. The molecule has 0 aliphatic heterocycles. The summed E-state index contributed by atoms with van der Waals surface area (Å²) >= 11 is 0. The van der Waals surface area contributed by atoms with E-state index in [1.165, 1.54) is 7.11 Å². The Morgan fingerprint density at radius 2 is 1.94 bits per heavy atom. The summed E-state index contributed by atoms with van der Waals surface area (Å²) < 4.78 is 4.77. The molecule has 16 heavy (non-hydrogen) atoms. The van der Waals surface area contributed by atoms with E-state index >= 15 is 0 Å². The van der Waals surface area contributed by atoms with Crippen molar-refractivity contribution in [1.29, 1.82) is 0 Å². The summed E-state index contributed by atoms with van der Waals surface area (Å²) in [5.41, 5.74) is -0.488. The van der Waals surface area contributed by atoms with Gasteiger partial charge in [-0.15, -0.1) is 0 Å². The average Bonchev–Trinajstić information content (AvgIpc) is 2.47. The molecular formula is C13H20O3. The van der Waals surface area contributed by atoms with Crippen LogP contribution >= 0.6 is 0 Å². The van der Waals surface area contributed by atoms with Crippen molar-refractivity contribution in [2.24, 2.45) is 16.2 Å². The Kier molecular flexibility index (Phi) is 2.24. The van der Waals surface area contributed by atoms with Crippen LogP contribution in [0.2, 0.25) is 0 Å². The van der Waals surface area contributed by atoms with E-state index in [0.29, 0.717) is 18.6 Å². The number of ether oxygens (including phenoxy) is 1. The van der Waals surface area contributed by atoms with Crippen LogP contribution in [0.25, 0.3) is 0 Å². The summed E-state index contributed by atoms with van der Waals surface area (Å²) in [6, 6.07) is 0. The van der Waals surface area contributed by atoms with Gasteiger partial charge in [0.05, 0.1) is 13.5 Å². The molecule has 0 amide bonds. The van der Waals surface area contributed by atoms with E-state index in [0.717, 1.165) is 12.8 Å². The highest BCUT2D eigenvalue weighted by atomic mass is 16.5. The molecule has 0 aromatic rings. The highest BCUT2D eigenvalue weighted by Crippen LogP contribution is 2.71. The second-order valence-electron chi connectivity index (χ2n) is 6.09. The third kappa shape index (κ3) is 1.09. The van der Waals surface area contributed by atoms with Gasteiger partial charge in [0.15, 0.2) is 0 Å². The number of rotatable bonds is 2. The van der Waals surface area contributed by atoms with E-state index in [9.17, 15) is 9.59 Å². The van der Waals surface area contributed by atoms with Crippen molar-refractivity contribution in [2.45, 2.75) is 46.5 Å². The number of fused-ring (bicyclic) bond motifs is 2. The van der Waals surface area contributed by atoms with Gasteiger partial charge in [0.25, 0.3) is 0 Å². The van der Waals surface area contributed by atoms with Gasteiger partial charge in [-0.1, -0.05) is 20.8 Å². The second kappa shape index (κ2) is 3.08. The van der Waals surface area contributed by atoms with Gasteiger partial charge in [-0.3, -0.25) is 9.59 Å². The van der Waals surface area contributed by atoms with Gasteiger partial charge < -0.3 is 4.74 Å². The van der Waals surface area contributed by atoms with Crippen molar-refractivity contribution in [1.82, 2.24) is 0 Å². The second-order valence-corrected chi connectivity index (χ2v) is 6.09.